The highest BCUT2D eigenvalue weighted by Crippen LogP contribution is 2.25. The first-order valence-corrected chi connectivity index (χ1v) is 14.8. The van der Waals surface area contributed by atoms with Gasteiger partial charge in [-0.15, -0.1) is 0 Å². The number of carbonyl (C=O) groups is 1. The molecule has 3 aromatic carbocycles. The summed E-state index contributed by atoms with van der Waals surface area (Å²) >= 11 is 0. The summed E-state index contributed by atoms with van der Waals surface area (Å²) < 4.78 is 41.1. The van der Waals surface area contributed by atoms with Crippen LogP contribution in [0.5, 0.6) is 0 Å². The number of benzene rings is 3. The molecule has 0 heterocycles. The van der Waals surface area contributed by atoms with Gasteiger partial charge in [-0.25, -0.2) is 12.8 Å². The highest BCUT2D eigenvalue weighted by Gasteiger charge is 2.25. The van der Waals surface area contributed by atoms with E-state index in [1.54, 1.807) is 18.2 Å². The number of aryl methyl sites for hydroxylation is 2. The Morgan fingerprint density at radius 2 is 1.60 bits per heavy atom. The van der Waals surface area contributed by atoms with Crippen LogP contribution in [0.3, 0.4) is 0 Å². The van der Waals surface area contributed by atoms with E-state index in [-0.39, 0.29) is 35.8 Å². The third-order valence-electron chi connectivity index (χ3n) is 6.87. The van der Waals surface area contributed by atoms with Gasteiger partial charge in [0.15, 0.2) is 0 Å². The number of aliphatic hydroxyl groups is 1. The summed E-state index contributed by atoms with van der Waals surface area (Å²) in [6.45, 7) is 4.18. The van der Waals surface area contributed by atoms with Gasteiger partial charge < -0.3 is 15.5 Å². The zero-order chi connectivity index (χ0) is 29.3. The molecule has 3 N–H and O–H groups in total. The Kier molecular flexibility index (Phi) is 11.0. The van der Waals surface area contributed by atoms with Crippen LogP contribution in [0, 0.1) is 5.82 Å². The molecule has 0 saturated carbocycles. The number of sulfonamides is 1. The molecule has 0 aliphatic carbocycles. The summed E-state index contributed by atoms with van der Waals surface area (Å²) in [7, 11) is -2.41. The van der Waals surface area contributed by atoms with Crippen LogP contribution in [0.2, 0.25) is 0 Å². The summed E-state index contributed by atoms with van der Waals surface area (Å²) in [5.41, 5.74) is 3.01. The van der Waals surface area contributed by atoms with Gasteiger partial charge in [0, 0.05) is 32.1 Å². The number of aliphatic hydroxyl groups excluding tert-OH is 1. The number of rotatable bonds is 15. The van der Waals surface area contributed by atoms with E-state index < -0.39 is 22.1 Å². The number of likely N-dealkylation sites (N-methyl/N-ethyl adjacent to an activating group) is 1. The van der Waals surface area contributed by atoms with Crippen molar-refractivity contribution in [2.24, 2.45) is 0 Å². The molecule has 9 heteroatoms. The van der Waals surface area contributed by atoms with Gasteiger partial charge in [0.1, 0.15) is 5.82 Å². The molecule has 0 bridgehead atoms. The fourth-order valence-electron chi connectivity index (χ4n) is 4.54. The number of hydrogen-bond acceptors (Lipinski definition) is 5. The Morgan fingerprint density at radius 3 is 2.27 bits per heavy atom. The lowest BCUT2D eigenvalue weighted by atomic mass is 9.95. The number of halogens is 1. The van der Waals surface area contributed by atoms with Crippen LogP contribution < -0.4 is 5.32 Å². The molecule has 0 spiro atoms. The van der Waals surface area contributed by atoms with E-state index in [1.165, 1.54) is 25.2 Å². The first kappa shape index (κ1) is 31.4. The van der Waals surface area contributed by atoms with Crippen LogP contribution in [0.15, 0.2) is 77.7 Å². The van der Waals surface area contributed by atoms with Gasteiger partial charge >= 0.3 is 5.97 Å². The minimum Gasteiger partial charge on any atom is -0.481 e. The van der Waals surface area contributed by atoms with E-state index in [0.29, 0.717) is 12.0 Å². The largest absolute Gasteiger partial charge is 0.481 e. The van der Waals surface area contributed by atoms with Crippen LogP contribution >= 0.6 is 0 Å². The SMILES string of the molecule is CN(CC(O)CNC(C)(C)CCCc1cccc(F)c1)S(=O)(=O)c1cccc(-c2cccc(CCC(=O)O)c2)c1. The molecule has 3 aromatic rings. The fourth-order valence-corrected chi connectivity index (χ4v) is 5.80. The normalized spacial score (nSPS) is 12.9. The highest BCUT2D eigenvalue weighted by atomic mass is 32.2. The average molecular weight is 571 g/mol. The molecule has 0 amide bonds. The smallest absolute Gasteiger partial charge is 0.303 e. The Hall–Kier alpha value is -3.11. The zero-order valence-corrected chi connectivity index (χ0v) is 24.1. The second-order valence-electron chi connectivity index (χ2n) is 10.8. The second kappa shape index (κ2) is 14.0. The molecule has 0 aliphatic rings. The van der Waals surface area contributed by atoms with Crippen molar-refractivity contribution in [3.05, 3.63) is 89.7 Å². The van der Waals surface area contributed by atoms with Crippen molar-refractivity contribution < 1.29 is 27.8 Å². The van der Waals surface area contributed by atoms with E-state index in [4.69, 9.17) is 5.11 Å². The monoisotopic (exact) mass is 570 g/mol. The van der Waals surface area contributed by atoms with E-state index in [0.717, 1.165) is 40.3 Å². The minimum atomic E-state index is -3.86. The Balaban J connectivity index is 1.56. The quantitative estimate of drug-likeness (QED) is 0.240. The second-order valence-corrected chi connectivity index (χ2v) is 12.9. The number of nitrogens with one attached hydrogen (secondary N) is 1. The van der Waals surface area contributed by atoms with Crippen molar-refractivity contribution in [3.8, 4) is 11.1 Å². The Bertz CT molecular complexity index is 1390. The van der Waals surface area contributed by atoms with Crippen molar-refractivity contribution in [2.75, 3.05) is 20.1 Å². The van der Waals surface area contributed by atoms with Crippen LogP contribution in [0.4, 0.5) is 4.39 Å². The van der Waals surface area contributed by atoms with Crippen molar-refractivity contribution in [2.45, 2.75) is 62.5 Å². The van der Waals surface area contributed by atoms with Gasteiger partial charge in [0.25, 0.3) is 0 Å². The highest BCUT2D eigenvalue weighted by molar-refractivity contribution is 7.89. The summed E-state index contributed by atoms with van der Waals surface area (Å²) in [6, 6.07) is 20.6. The molecule has 216 valence electrons. The molecule has 0 aliphatic heterocycles. The minimum absolute atomic E-state index is 0.0198. The molecule has 7 nitrogen and oxygen atoms in total. The number of carboxylic acids is 1. The van der Waals surface area contributed by atoms with E-state index in [9.17, 15) is 22.7 Å². The van der Waals surface area contributed by atoms with Gasteiger partial charge in [0.05, 0.1) is 11.0 Å². The topological polar surface area (TPSA) is 107 Å². The molecule has 0 saturated heterocycles. The molecule has 0 aromatic heterocycles. The molecular weight excluding hydrogens is 531 g/mol. The molecule has 0 radical (unpaired) electrons. The van der Waals surface area contributed by atoms with E-state index in [2.05, 4.69) is 5.32 Å². The first-order valence-electron chi connectivity index (χ1n) is 13.4. The third-order valence-corrected chi connectivity index (χ3v) is 8.69. The molecular formula is C31H39FN2O5S. The molecule has 40 heavy (non-hydrogen) atoms. The molecule has 0 fully saturated rings. The fraction of sp³-hybridized carbons (Fsp3) is 0.387. The summed E-state index contributed by atoms with van der Waals surface area (Å²) in [4.78, 5) is 11.0. The molecule has 1 atom stereocenters. The lowest BCUT2D eigenvalue weighted by Gasteiger charge is -2.29. The van der Waals surface area contributed by atoms with Crippen LogP contribution in [-0.2, 0) is 27.7 Å². The van der Waals surface area contributed by atoms with Gasteiger partial charge in [-0.3, -0.25) is 4.79 Å². The van der Waals surface area contributed by atoms with Crippen molar-refractivity contribution in [1.82, 2.24) is 9.62 Å². The number of nitrogens with zero attached hydrogens (tertiary/aromatic N) is 1. The summed E-state index contributed by atoms with van der Waals surface area (Å²) in [5, 5.41) is 22.9. The third kappa shape index (κ3) is 9.52. The maximum Gasteiger partial charge on any atom is 0.303 e. The zero-order valence-electron chi connectivity index (χ0n) is 23.3. The maximum atomic E-state index is 13.4. The number of aliphatic carboxylic acids is 1. The summed E-state index contributed by atoms with van der Waals surface area (Å²) in [5.74, 6) is -1.12. The van der Waals surface area contributed by atoms with Crippen LogP contribution in [0.1, 0.15) is 44.2 Å². The average Bonchev–Trinajstić information content (AvgIpc) is 2.91. The van der Waals surface area contributed by atoms with Crippen molar-refractivity contribution >= 4 is 16.0 Å². The van der Waals surface area contributed by atoms with Gasteiger partial charge in [-0.05, 0) is 86.1 Å². The number of carboxylic acid groups (broad SMARTS) is 1. The van der Waals surface area contributed by atoms with Crippen LogP contribution in [-0.4, -0.2) is 60.7 Å². The van der Waals surface area contributed by atoms with Gasteiger partial charge in [-0.1, -0.05) is 48.5 Å². The van der Waals surface area contributed by atoms with Gasteiger partial charge in [0.2, 0.25) is 10.0 Å². The summed E-state index contributed by atoms with van der Waals surface area (Å²) in [6.07, 6.45) is 1.88. The molecule has 3 rings (SSSR count). The van der Waals surface area contributed by atoms with Gasteiger partial charge in [-0.2, -0.15) is 4.31 Å². The number of hydrogen-bond donors (Lipinski definition) is 3. The van der Waals surface area contributed by atoms with E-state index in [1.807, 2.05) is 50.2 Å². The van der Waals surface area contributed by atoms with Crippen molar-refractivity contribution in [1.29, 1.82) is 0 Å². The standard InChI is InChI=1S/C31H39FN2O5S/c1-31(2,17-7-10-23-9-5-13-27(32)19-23)33-21-28(35)22-34(3)40(38,39)29-14-6-12-26(20-29)25-11-4-8-24(18-25)15-16-30(36)37/h4-6,8-9,11-14,18-20,28,33,35H,7,10,15-17,21-22H2,1-3H3,(H,36,37). The lowest BCUT2D eigenvalue weighted by molar-refractivity contribution is -0.136. The van der Waals surface area contributed by atoms with Crippen LogP contribution in [0.25, 0.3) is 11.1 Å². The predicted molar refractivity (Wildman–Crippen MR) is 155 cm³/mol. The van der Waals surface area contributed by atoms with E-state index >= 15 is 0 Å². The predicted octanol–water partition coefficient (Wildman–Crippen LogP) is 4.88. The molecule has 1 unspecified atom stereocenters. The first-order chi connectivity index (χ1) is 18.9. The lowest BCUT2D eigenvalue weighted by Crippen LogP contribution is -2.46. The Labute approximate surface area is 236 Å². The van der Waals surface area contributed by atoms with Crippen molar-refractivity contribution in [3.63, 3.8) is 0 Å². The Morgan fingerprint density at radius 1 is 0.975 bits per heavy atom. The number of β-amino-alcohol motifs (C(OH)–C–C–N with tert-alkyl or cyclic N) is 1. The maximum absolute atomic E-state index is 13.4.